The fourth-order valence-corrected chi connectivity index (χ4v) is 3.56. The van der Waals surface area contributed by atoms with E-state index in [9.17, 15) is 9.59 Å². The minimum Gasteiger partial charge on any atom is -0.461 e. The first-order chi connectivity index (χ1) is 14.1. The van der Waals surface area contributed by atoms with E-state index in [2.05, 4.69) is 10.1 Å². The summed E-state index contributed by atoms with van der Waals surface area (Å²) in [5, 5.41) is 6.60. The van der Waals surface area contributed by atoms with Crippen LogP contribution in [0.15, 0.2) is 55.5 Å². The van der Waals surface area contributed by atoms with E-state index in [1.54, 1.807) is 0 Å². The Balaban J connectivity index is 1.38. The lowest BCUT2D eigenvalue weighted by molar-refractivity contribution is -0.145. The van der Waals surface area contributed by atoms with Gasteiger partial charge in [0.1, 0.15) is 12.2 Å². The van der Waals surface area contributed by atoms with E-state index in [1.807, 2.05) is 42.6 Å². The van der Waals surface area contributed by atoms with Crippen LogP contribution in [0.2, 0.25) is 0 Å². The lowest BCUT2D eigenvalue weighted by Gasteiger charge is -2.07. The Morgan fingerprint density at radius 3 is 2.93 bits per heavy atom. The van der Waals surface area contributed by atoms with Crippen LogP contribution in [0.4, 0.5) is 0 Å². The third kappa shape index (κ3) is 4.43. The highest BCUT2D eigenvalue weighted by molar-refractivity contribution is 7.13. The van der Waals surface area contributed by atoms with Crippen LogP contribution in [0, 0.1) is 0 Å². The van der Waals surface area contributed by atoms with Crippen molar-refractivity contribution in [2.75, 3.05) is 0 Å². The summed E-state index contributed by atoms with van der Waals surface area (Å²) in [4.78, 5) is 29.1. The molecule has 1 aromatic carbocycles. The van der Waals surface area contributed by atoms with Crippen LogP contribution in [0.3, 0.4) is 0 Å². The van der Waals surface area contributed by atoms with Crippen molar-refractivity contribution in [2.24, 2.45) is 0 Å². The largest absolute Gasteiger partial charge is 0.461 e. The highest BCUT2D eigenvalue weighted by atomic mass is 32.1. The van der Waals surface area contributed by atoms with Gasteiger partial charge in [0.15, 0.2) is 0 Å². The number of nitrogens with zero attached hydrogens (tertiary/aromatic N) is 2. The van der Waals surface area contributed by atoms with Crippen LogP contribution in [0.1, 0.15) is 30.4 Å². The first-order valence-corrected chi connectivity index (χ1v) is 10.1. The maximum atomic E-state index is 12.1. The fourth-order valence-electron chi connectivity index (χ4n) is 2.92. The Kier molecular flexibility index (Phi) is 5.53. The van der Waals surface area contributed by atoms with Gasteiger partial charge < -0.3 is 13.7 Å². The molecule has 0 aliphatic heterocycles. The summed E-state index contributed by atoms with van der Waals surface area (Å²) >= 11 is 1.51. The molecule has 0 unspecified atom stereocenters. The van der Waals surface area contributed by atoms with Gasteiger partial charge in [-0.3, -0.25) is 4.79 Å². The number of carbonyl (C=O) groups is 1. The molecular weight excluding hydrogens is 392 g/mol. The molecule has 0 bridgehead atoms. The van der Waals surface area contributed by atoms with Gasteiger partial charge in [0.25, 0.3) is 0 Å². The van der Waals surface area contributed by atoms with Crippen molar-refractivity contribution in [1.82, 2.24) is 10.1 Å². The average Bonchev–Trinajstić information content (AvgIpc) is 3.41. The number of aromatic nitrogens is 2. The second-order valence-corrected chi connectivity index (χ2v) is 7.37. The highest BCUT2D eigenvalue weighted by Gasteiger charge is 2.13. The molecule has 7 nitrogen and oxygen atoms in total. The number of thiophene rings is 1. The summed E-state index contributed by atoms with van der Waals surface area (Å²) in [5.41, 5.74) is 1.71. The molecule has 148 valence electrons. The maximum Gasteiger partial charge on any atom is 0.336 e. The molecule has 0 atom stereocenters. The normalized spacial score (nSPS) is 11.1. The van der Waals surface area contributed by atoms with Gasteiger partial charge >= 0.3 is 11.6 Å². The number of rotatable bonds is 7. The smallest absolute Gasteiger partial charge is 0.336 e. The molecule has 4 rings (SSSR count). The third-order valence-corrected chi connectivity index (χ3v) is 5.31. The lowest BCUT2D eigenvalue weighted by atomic mass is 10.1. The average molecular weight is 410 g/mol. The van der Waals surface area contributed by atoms with Crippen molar-refractivity contribution in [3.05, 3.63) is 69.2 Å². The SMILES string of the molecule is CCc1ccc2c(COC(=O)CCc3nc(-c4cccs4)no3)cc(=O)oc2c1. The monoisotopic (exact) mass is 410 g/mol. The molecule has 29 heavy (non-hydrogen) atoms. The number of ether oxygens (including phenoxy) is 1. The highest BCUT2D eigenvalue weighted by Crippen LogP contribution is 2.22. The van der Waals surface area contributed by atoms with Gasteiger partial charge in [0, 0.05) is 23.4 Å². The molecule has 0 aliphatic rings. The molecule has 0 N–H and O–H groups in total. The second-order valence-electron chi connectivity index (χ2n) is 6.42. The molecular formula is C21H18N2O5S. The Morgan fingerprint density at radius 2 is 2.14 bits per heavy atom. The van der Waals surface area contributed by atoms with E-state index in [0.29, 0.717) is 22.9 Å². The van der Waals surface area contributed by atoms with Gasteiger partial charge in [0.05, 0.1) is 11.3 Å². The van der Waals surface area contributed by atoms with Crippen molar-refractivity contribution in [1.29, 1.82) is 0 Å². The zero-order valence-electron chi connectivity index (χ0n) is 15.7. The quantitative estimate of drug-likeness (QED) is 0.334. The van der Waals surface area contributed by atoms with Gasteiger partial charge in [-0.05, 0) is 29.5 Å². The molecule has 0 saturated heterocycles. The number of aryl methyl sites for hydroxylation is 2. The van der Waals surface area contributed by atoms with Crippen molar-refractivity contribution >= 4 is 28.3 Å². The first kappa shape index (κ1) is 19.1. The number of benzene rings is 1. The molecule has 0 saturated carbocycles. The summed E-state index contributed by atoms with van der Waals surface area (Å²) in [7, 11) is 0. The number of hydrogen-bond acceptors (Lipinski definition) is 8. The lowest BCUT2D eigenvalue weighted by Crippen LogP contribution is -2.08. The third-order valence-electron chi connectivity index (χ3n) is 4.44. The summed E-state index contributed by atoms with van der Waals surface area (Å²) in [6, 6.07) is 10.8. The van der Waals surface area contributed by atoms with Crippen LogP contribution >= 0.6 is 11.3 Å². The summed E-state index contributed by atoms with van der Waals surface area (Å²) in [6.07, 6.45) is 1.23. The summed E-state index contributed by atoms with van der Waals surface area (Å²) in [6.45, 7) is 2.02. The first-order valence-electron chi connectivity index (χ1n) is 9.20. The van der Waals surface area contributed by atoms with E-state index < -0.39 is 11.6 Å². The van der Waals surface area contributed by atoms with Gasteiger partial charge in [-0.15, -0.1) is 11.3 Å². The van der Waals surface area contributed by atoms with Gasteiger partial charge in [-0.1, -0.05) is 30.3 Å². The Labute approximate surface area is 169 Å². The fraction of sp³-hybridized carbons (Fsp3) is 0.238. The second kappa shape index (κ2) is 8.40. The minimum atomic E-state index is -0.469. The van der Waals surface area contributed by atoms with E-state index in [-0.39, 0.29) is 19.4 Å². The van der Waals surface area contributed by atoms with Crippen molar-refractivity contribution in [2.45, 2.75) is 32.8 Å². The number of esters is 1. The predicted octanol–water partition coefficient (Wildman–Crippen LogP) is 4.14. The van der Waals surface area contributed by atoms with Gasteiger partial charge in [0.2, 0.25) is 11.7 Å². The minimum absolute atomic E-state index is 0.00329. The van der Waals surface area contributed by atoms with Crippen molar-refractivity contribution in [3.63, 3.8) is 0 Å². The molecule has 0 radical (unpaired) electrons. The number of carbonyl (C=O) groups excluding carboxylic acids is 1. The molecule has 0 amide bonds. The predicted molar refractivity (Wildman–Crippen MR) is 108 cm³/mol. The molecule has 3 heterocycles. The van der Waals surface area contributed by atoms with Crippen LogP contribution in [0.25, 0.3) is 21.7 Å². The summed E-state index contributed by atoms with van der Waals surface area (Å²) in [5.74, 6) is 0.480. The number of hydrogen-bond donors (Lipinski definition) is 0. The Bertz CT molecular complexity index is 1190. The molecule has 8 heteroatoms. The van der Waals surface area contributed by atoms with E-state index >= 15 is 0 Å². The van der Waals surface area contributed by atoms with Crippen molar-refractivity contribution < 1.29 is 18.5 Å². The molecule has 3 aromatic heterocycles. The van der Waals surface area contributed by atoms with Crippen LogP contribution in [-0.4, -0.2) is 16.1 Å². The molecule has 0 spiro atoms. The Morgan fingerprint density at radius 1 is 1.24 bits per heavy atom. The van der Waals surface area contributed by atoms with Gasteiger partial charge in [-0.25, -0.2) is 4.79 Å². The zero-order valence-corrected chi connectivity index (χ0v) is 16.5. The van der Waals surface area contributed by atoms with Crippen LogP contribution < -0.4 is 5.63 Å². The van der Waals surface area contributed by atoms with Crippen LogP contribution in [-0.2, 0) is 29.0 Å². The van der Waals surface area contributed by atoms with Gasteiger partial charge in [-0.2, -0.15) is 4.98 Å². The molecule has 0 fully saturated rings. The number of fused-ring (bicyclic) bond motifs is 1. The van der Waals surface area contributed by atoms with Crippen LogP contribution in [0.5, 0.6) is 0 Å². The van der Waals surface area contributed by atoms with E-state index in [4.69, 9.17) is 13.7 Å². The molecule has 0 aliphatic carbocycles. The van der Waals surface area contributed by atoms with E-state index in [1.165, 1.54) is 17.4 Å². The zero-order chi connectivity index (χ0) is 20.2. The Hall–Kier alpha value is -3.26. The maximum absolute atomic E-state index is 12.1. The van der Waals surface area contributed by atoms with E-state index in [0.717, 1.165) is 22.2 Å². The molecule has 4 aromatic rings. The summed E-state index contributed by atoms with van der Waals surface area (Å²) < 4.78 is 15.8. The standard InChI is InChI=1S/C21H18N2O5S/c1-2-13-5-6-15-14(11-20(25)27-16(15)10-13)12-26-19(24)8-7-18-22-21(23-28-18)17-4-3-9-29-17/h3-6,9-11H,2,7-8,12H2,1H3. The van der Waals surface area contributed by atoms with Crippen molar-refractivity contribution in [3.8, 4) is 10.7 Å². The topological polar surface area (TPSA) is 95.4 Å².